The molecule has 1 atom stereocenters. The van der Waals surface area contributed by atoms with Gasteiger partial charge in [0.2, 0.25) is 0 Å². The van der Waals surface area contributed by atoms with E-state index in [1.165, 1.54) is 0 Å². The van der Waals surface area contributed by atoms with Crippen molar-refractivity contribution in [2.24, 2.45) is 7.05 Å². The molecule has 0 bridgehead atoms. The van der Waals surface area contributed by atoms with E-state index in [9.17, 15) is 0 Å². The van der Waals surface area contributed by atoms with Crippen molar-refractivity contribution in [3.63, 3.8) is 0 Å². The Hall–Kier alpha value is -2.91. The van der Waals surface area contributed by atoms with Crippen LogP contribution in [0, 0.1) is 0 Å². The molecule has 1 aromatic heterocycles. The zero-order chi connectivity index (χ0) is 23.8. The van der Waals surface area contributed by atoms with Gasteiger partial charge in [0.05, 0.1) is 11.9 Å². The molecule has 0 aliphatic carbocycles. The average molecular weight is 480 g/mol. The summed E-state index contributed by atoms with van der Waals surface area (Å²) in [6, 6.07) is 13.5. The van der Waals surface area contributed by atoms with Crippen molar-refractivity contribution in [2.75, 3.05) is 14.2 Å². The number of methoxy groups -OCH3 is 1. The maximum atomic E-state index is 9.10. The van der Waals surface area contributed by atoms with E-state index >= 15 is 0 Å². The molecular weight excluding hydrogens is 457 g/mol. The molecular formula is C22H23Cl2N3O5. The summed E-state index contributed by atoms with van der Waals surface area (Å²) in [5.41, 5.74) is 5.01. The monoisotopic (exact) mass is 479 g/mol. The summed E-state index contributed by atoms with van der Waals surface area (Å²) >= 11 is 12.8. The predicted octanol–water partition coefficient (Wildman–Crippen LogP) is 4.00. The molecule has 0 aliphatic rings. The highest BCUT2D eigenvalue weighted by Crippen LogP contribution is 2.38. The van der Waals surface area contributed by atoms with Crippen LogP contribution in [0.25, 0.3) is 11.3 Å². The molecule has 10 heteroatoms. The topological polar surface area (TPSA) is 114 Å². The standard InChI is InChI=1S/C20H21Cl2N3O.C2H2O4/c1-23-11-13-12-24-25(2)19(13)15-9-8-14(21)10-17(15)20(26-3)16-6-4-5-7-18(16)22;3-1(4)2(5)6/h4-10,12,20,23H,11H2,1-3H3;(H,3,4)(H,5,6). The van der Waals surface area contributed by atoms with Crippen LogP contribution in [0.3, 0.4) is 0 Å². The van der Waals surface area contributed by atoms with Crippen LogP contribution < -0.4 is 5.32 Å². The van der Waals surface area contributed by atoms with Gasteiger partial charge in [0.1, 0.15) is 6.10 Å². The number of nitrogens with one attached hydrogen (secondary N) is 1. The van der Waals surface area contributed by atoms with Crippen molar-refractivity contribution in [3.05, 3.63) is 75.4 Å². The lowest BCUT2D eigenvalue weighted by atomic mass is 9.93. The third-order valence-corrected chi connectivity index (χ3v) is 5.12. The Morgan fingerprint density at radius 2 is 1.78 bits per heavy atom. The molecule has 0 spiro atoms. The van der Waals surface area contributed by atoms with Crippen molar-refractivity contribution >= 4 is 35.1 Å². The molecule has 8 nitrogen and oxygen atoms in total. The third-order valence-electron chi connectivity index (χ3n) is 4.54. The van der Waals surface area contributed by atoms with E-state index in [-0.39, 0.29) is 6.10 Å². The molecule has 0 amide bonds. The van der Waals surface area contributed by atoms with Gasteiger partial charge >= 0.3 is 11.9 Å². The summed E-state index contributed by atoms with van der Waals surface area (Å²) in [5, 5.41) is 23.7. The molecule has 0 aliphatic heterocycles. The minimum Gasteiger partial charge on any atom is -0.473 e. The Balaban J connectivity index is 0.000000534. The van der Waals surface area contributed by atoms with Crippen molar-refractivity contribution in [2.45, 2.75) is 12.6 Å². The lowest BCUT2D eigenvalue weighted by molar-refractivity contribution is -0.159. The number of ether oxygens (including phenoxy) is 1. The Labute approximate surface area is 195 Å². The highest BCUT2D eigenvalue weighted by atomic mass is 35.5. The highest BCUT2D eigenvalue weighted by Gasteiger charge is 2.23. The number of rotatable bonds is 6. The molecule has 0 saturated heterocycles. The third kappa shape index (κ3) is 6.08. The van der Waals surface area contributed by atoms with Gasteiger partial charge in [-0.2, -0.15) is 5.10 Å². The van der Waals surface area contributed by atoms with E-state index in [0.29, 0.717) is 10.0 Å². The number of nitrogens with zero attached hydrogens (tertiary/aromatic N) is 2. The SMILES string of the molecule is CNCc1cnn(C)c1-c1ccc(Cl)cc1C(OC)c1ccccc1Cl.O=C(O)C(=O)O. The first-order valence-electron chi connectivity index (χ1n) is 9.39. The summed E-state index contributed by atoms with van der Waals surface area (Å²) in [7, 11) is 5.53. The molecule has 1 unspecified atom stereocenters. The summed E-state index contributed by atoms with van der Waals surface area (Å²) in [6.45, 7) is 0.717. The fraction of sp³-hybridized carbons (Fsp3) is 0.227. The predicted molar refractivity (Wildman–Crippen MR) is 122 cm³/mol. The Bertz CT molecular complexity index is 1090. The van der Waals surface area contributed by atoms with Crippen LogP contribution in [0.1, 0.15) is 22.8 Å². The smallest absolute Gasteiger partial charge is 0.414 e. The first-order valence-corrected chi connectivity index (χ1v) is 10.2. The molecule has 2 aromatic carbocycles. The number of hydrogen-bond donors (Lipinski definition) is 3. The molecule has 170 valence electrons. The first-order chi connectivity index (χ1) is 15.2. The van der Waals surface area contributed by atoms with Crippen LogP contribution in [0.2, 0.25) is 10.0 Å². The largest absolute Gasteiger partial charge is 0.473 e. The molecule has 0 radical (unpaired) electrons. The summed E-state index contributed by atoms with van der Waals surface area (Å²) in [5.74, 6) is -3.65. The lowest BCUT2D eigenvalue weighted by Gasteiger charge is -2.22. The van der Waals surface area contributed by atoms with Gasteiger partial charge < -0.3 is 20.3 Å². The summed E-state index contributed by atoms with van der Waals surface area (Å²) in [6.07, 6.45) is 1.54. The summed E-state index contributed by atoms with van der Waals surface area (Å²) < 4.78 is 7.72. The van der Waals surface area contributed by atoms with Gasteiger partial charge in [-0.15, -0.1) is 0 Å². The zero-order valence-electron chi connectivity index (χ0n) is 17.7. The minimum atomic E-state index is -1.82. The van der Waals surface area contributed by atoms with Crippen LogP contribution in [-0.2, 0) is 27.9 Å². The number of aliphatic carboxylic acids is 2. The maximum Gasteiger partial charge on any atom is 0.414 e. The summed E-state index contributed by atoms with van der Waals surface area (Å²) in [4.78, 5) is 18.2. The van der Waals surface area contributed by atoms with Gasteiger partial charge in [-0.3, -0.25) is 4.68 Å². The lowest BCUT2D eigenvalue weighted by Crippen LogP contribution is -2.10. The van der Waals surface area contributed by atoms with E-state index in [4.69, 9.17) is 47.7 Å². The minimum absolute atomic E-state index is 0.338. The Morgan fingerprint density at radius 3 is 2.34 bits per heavy atom. The van der Waals surface area contributed by atoms with Crippen molar-refractivity contribution in [3.8, 4) is 11.3 Å². The van der Waals surface area contributed by atoms with Gasteiger partial charge in [-0.1, -0.05) is 47.5 Å². The van der Waals surface area contributed by atoms with Crippen LogP contribution in [0.15, 0.2) is 48.7 Å². The fourth-order valence-corrected chi connectivity index (χ4v) is 3.64. The van der Waals surface area contributed by atoms with E-state index in [0.717, 1.165) is 34.5 Å². The number of hydrogen-bond acceptors (Lipinski definition) is 5. The van der Waals surface area contributed by atoms with E-state index in [2.05, 4.69) is 10.4 Å². The molecule has 0 saturated carbocycles. The number of carboxylic acid groups (broad SMARTS) is 2. The van der Waals surface area contributed by atoms with Crippen molar-refractivity contribution in [1.82, 2.24) is 15.1 Å². The average Bonchev–Trinajstić information content (AvgIpc) is 3.11. The first kappa shape index (κ1) is 25.4. The number of benzene rings is 2. The second-order valence-electron chi connectivity index (χ2n) is 6.65. The molecule has 1 heterocycles. The molecule has 32 heavy (non-hydrogen) atoms. The normalized spacial score (nSPS) is 11.4. The van der Waals surface area contributed by atoms with Gasteiger partial charge in [0.15, 0.2) is 0 Å². The van der Waals surface area contributed by atoms with Crippen LogP contribution >= 0.6 is 23.2 Å². The quantitative estimate of drug-likeness (QED) is 0.457. The molecule has 3 aromatic rings. The second-order valence-corrected chi connectivity index (χ2v) is 7.50. The number of halogens is 2. The highest BCUT2D eigenvalue weighted by molar-refractivity contribution is 6.31. The van der Waals surface area contributed by atoms with Crippen LogP contribution in [0.5, 0.6) is 0 Å². The van der Waals surface area contributed by atoms with Gasteiger partial charge in [0, 0.05) is 47.4 Å². The van der Waals surface area contributed by atoms with Gasteiger partial charge in [-0.25, -0.2) is 9.59 Å². The number of carbonyl (C=O) groups is 2. The van der Waals surface area contributed by atoms with Crippen LogP contribution in [-0.4, -0.2) is 46.1 Å². The fourth-order valence-electron chi connectivity index (χ4n) is 3.23. The number of carboxylic acids is 2. The van der Waals surface area contributed by atoms with Gasteiger partial charge in [-0.05, 0) is 30.8 Å². The number of aromatic nitrogens is 2. The second kappa shape index (κ2) is 11.6. The number of aryl methyl sites for hydroxylation is 1. The van der Waals surface area contributed by atoms with Gasteiger partial charge in [0.25, 0.3) is 0 Å². The Morgan fingerprint density at radius 1 is 1.12 bits per heavy atom. The Kier molecular flexibility index (Phi) is 9.22. The molecule has 0 fully saturated rings. The zero-order valence-corrected chi connectivity index (χ0v) is 19.2. The molecule has 3 rings (SSSR count). The van der Waals surface area contributed by atoms with E-state index < -0.39 is 11.9 Å². The van der Waals surface area contributed by atoms with E-state index in [1.54, 1.807) is 7.11 Å². The van der Waals surface area contributed by atoms with Crippen LogP contribution in [0.4, 0.5) is 0 Å². The van der Waals surface area contributed by atoms with E-state index in [1.807, 2.05) is 67.4 Å². The van der Waals surface area contributed by atoms with Crippen molar-refractivity contribution < 1.29 is 24.5 Å². The van der Waals surface area contributed by atoms with Crippen molar-refractivity contribution in [1.29, 1.82) is 0 Å². The molecule has 3 N–H and O–H groups in total. The maximum absolute atomic E-state index is 9.10.